The van der Waals surface area contributed by atoms with Crippen molar-refractivity contribution in [1.82, 2.24) is 0 Å². The molecule has 5 aliphatic carbocycles. The molecule has 5 saturated carbocycles. The van der Waals surface area contributed by atoms with E-state index in [0.29, 0.717) is 28.6 Å². The summed E-state index contributed by atoms with van der Waals surface area (Å²) in [6, 6.07) is 0. The lowest BCUT2D eigenvalue weighted by molar-refractivity contribution is -0.277. The average molecular weight is 471 g/mol. The van der Waals surface area contributed by atoms with E-state index in [2.05, 4.69) is 41.2 Å². The van der Waals surface area contributed by atoms with Crippen LogP contribution in [0.15, 0.2) is 12.2 Å². The normalized spacial score (nSPS) is 64.8. The van der Waals surface area contributed by atoms with Gasteiger partial charge >= 0.3 is 0 Å². The number of aliphatic hydroxyl groups excluding tert-OH is 2. The Morgan fingerprint density at radius 3 is 2.29 bits per heavy atom. The van der Waals surface area contributed by atoms with Gasteiger partial charge in [-0.15, -0.1) is 0 Å². The summed E-state index contributed by atoms with van der Waals surface area (Å²) in [7, 11) is 0. The van der Waals surface area contributed by atoms with Crippen LogP contribution in [0.3, 0.4) is 0 Å². The number of rotatable bonds is 1. The zero-order valence-corrected chi connectivity index (χ0v) is 22.2. The van der Waals surface area contributed by atoms with E-state index in [4.69, 9.17) is 9.47 Å². The fourth-order valence-electron chi connectivity index (χ4n) is 12.5. The maximum Gasteiger partial charge on any atom is 0.199 e. The maximum absolute atomic E-state index is 12.4. The summed E-state index contributed by atoms with van der Waals surface area (Å²) in [6.07, 6.45) is 8.29. The third kappa shape index (κ3) is 2.07. The third-order valence-corrected chi connectivity index (χ3v) is 14.0. The van der Waals surface area contributed by atoms with E-state index in [1.165, 1.54) is 25.7 Å². The van der Waals surface area contributed by atoms with Gasteiger partial charge in [0.2, 0.25) is 0 Å². The first-order chi connectivity index (χ1) is 15.8. The van der Waals surface area contributed by atoms with E-state index in [1.54, 1.807) is 0 Å². The van der Waals surface area contributed by atoms with Gasteiger partial charge in [-0.25, -0.2) is 0 Å². The van der Waals surface area contributed by atoms with Crippen molar-refractivity contribution in [2.75, 3.05) is 0 Å². The van der Waals surface area contributed by atoms with E-state index in [9.17, 15) is 10.2 Å². The summed E-state index contributed by atoms with van der Waals surface area (Å²) < 4.78 is 13.6. The SMILES string of the molecule is C=C(C)[C@H]1O[C@@]23O[C@@H]1C[C@@H](C)[C@@H]2[C@@]1(C)CC[C@@]24C[C@@]25CC[C@H](O)C(C)(C)[C@@H]5CC[C@H]4[C@]1(C)[C@H]3O. The molecule has 190 valence electrons. The molecular formula is C30H46O4. The Morgan fingerprint density at radius 1 is 0.912 bits per heavy atom. The van der Waals surface area contributed by atoms with E-state index >= 15 is 0 Å². The molecule has 0 radical (unpaired) electrons. The molecular weight excluding hydrogens is 424 g/mol. The molecule has 34 heavy (non-hydrogen) atoms. The van der Waals surface area contributed by atoms with Gasteiger partial charge < -0.3 is 19.7 Å². The maximum atomic E-state index is 12.4. The number of ether oxygens (including phenoxy) is 2. The van der Waals surface area contributed by atoms with Crippen molar-refractivity contribution in [2.45, 2.75) is 123 Å². The highest BCUT2D eigenvalue weighted by molar-refractivity contribution is 5.34. The molecule has 4 heteroatoms. The van der Waals surface area contributed by atoms with Crippen LogP contribution in [-0.4, -0.2) is 40.4 Å². The fraction of sp³-hybridized carbons (Fsp3) is 0.933. The van der Waals surface area contributed by atoms with Crippen molar-refractivity contribution in [1.29, 1.82) is 0 Å². The first kappa shape index (κ1) is 22.8. The largest absolute Gasteiger partial charge is 0.393 e. The Kier molecular flexibility index (Phi) is 4.13. The monoisotopic (exact) mass is 470 g/mol. The Balaban J connectivity index is 1.33. The van der Waals surface area contributed by atoms with E-state index < -0.39 is 11.9 Å². The molecule has 2 heterocycles. The predicted molar refractivity (Wildman–Crippen MR) is 131 cm³/mol. The van der Waals surface area contributed by atoms with Gasteiger partial charge in [0, 0.05) is 11.3 Å². The Morgan fingerprint density at radius 2 is 1.59 bits per heavy atom. The third-order valence-electron chi connectivity index (χ3n) is 14.0. The molecule has 2 bridgehead atoms. The second kappa shape index (κ2) is 6.17. The van der Waals surface area contributed by atoms with Crippen molar-refractivity contribution in [3.05, 3.63) is 12.2 Å². The summed E-state index contributed by atoms with van der Waals surface area (Å²) in [5.41, 5.74) is 1.47. The van der Waals surface area contributed by atoms with Crippen LogP contribution in [-0.2, 0) is 9.47 Å². The minimum Gasteiger partial charge on any atom is -0.393 e. The molecule has 2 saturated heterocycles. The molecule has 13 atom stereocenters. The van der Waals surface area contributed by atoms with Gasteiger partial charge in [0.15, 0.2) is 5.79 Å². The van der Waals surface area contributed by atoms with Crippen LogP contribution in [0.5, 0.6) is 0 Å². The van der Waals surface area contributed by atoms with Crippen LogP contribution in [0.25, 0.3) is 0 Å². The van der Waals surface area contributed by atoms with E-state index in [0.717, 1.165) is 31.3 Å². The standard InChI is InChI=1S/C30H46O4/c1-16(2)22-18-14-17(3)23-26(6)12-13-29-15-28(29)11-10-21(31)25(4,5)19(28)8-9-20(29)27(26,7)24(32)30(23,33-18)34-22/h17-24,31-32H,1,8-15H2,2-7H3/t17-,18-,19+,20+,21+,22-,23-,24-,26-,27-,28-,29+,30+/m1/s1. The zero-order chi connectivity index (χ0) is 24.3. The Bertz CT molecular complexity index is 959. The molecule has 0 amide bonds. The molecule has 2 N–H and O–H groups in total. The number of fused-ring (bicyclic) bond motifs is 4. The molecule has 0 aromatic carbocycles. The molecule has 0 aromatic rings. The van der Waals surface area contributed by atoms with Crippen LogP contribution < -0.4 is 0 Å². The lowest BCUT2D eigenvalue weighted by Crippen LogP contribution is -2.60. The second-order valence-corrected chi connectivity index (χ2v) is 15.1. The molecule has 2 aliphatic heterocycles. The van der Waals surface area contributed by atoms with Crippen LogP contribution in [0.1, 0.15) is 92.9 Å². The number of hydrogen-bond acceptors (Lipinski definition) is 4. The van der Waals surface area contributed by atoms with Gasteiger partial charge in [0.25, 0.3) is 0 Å². The highest BCUT2D eigenvalue weighted by Crippen LogP contribution is 2.90. The molecule has 0 unspecified atom stereocenters. The average Bonchev–Trinajstić information content (AvgIpc) is 3.29. The number of hydrogen-bond donors (Lipinski definition) is 2. The highest BCUT2D eigenvalue weighted by atomic mass is 16.8. The van der Waals surface area contributed by atoms with Crippen LogP contribution in [0, 0.1) is 50.7 Å². The quantitative estimate of drug-likeness (QED) is 0.500. The van der Waals surface area contributed by atoms with Crippen LogP contribution >= 0.6 is 0 Å². The van der Waals surface area contributed by atoms with Crippen molar-refractivity contribution in [2.24, 2.45) is 50.7 Å². The summed E-state index contributed by atoms with van der Waals surface area (Å²) in [6.45, 7) is 18.2. The highest BCUT2D eigenvalue weighted by Gasteiger charge is 2.87. The van der Waals surface area contributed by atoms with Gasteiger partial charge in [-0.05, 0) is 103 Å². The van der Waals surface area contributed by atoms with E-state index in [1.807, 2.05) is 6.92 Å². The summed E-state index contributed by atoms with van der Waals surface area (Å²) >= 11 is 0. The number of aliphatic hydroxyl groups is 2. The smallest absolute Gasteiger partial charge is 0.199 e. The van der Waals surface area contributed by atoms with Gasteiger partial charge in [0.1, 0.15) is 12.2 Å². The molecule has 0 aromatic heterocycles. The molecule has 7 rings (SSSR count). The van der Waals surface area contributed by atoms with Crippen molar-refractivity contribution in [3.8, 4) is 0 Å². The van der Waals surface area contributed by atoms with Crippen molar-refractivity contribution < 1.29 is 19.7 Å². The van der Waals surface area contributed by atoms with Crippen molar-refractivity contribution in [3.63, 3.8) is 0 Å². The summed E-state index contributed by atoms with van der Waals surface area (Å²) in [4.78, 5) is 0. The Labute approximate surface area is 205 Å². The fourth-order valence-corrected chi connectivity index (χ4v) is 12.5. The van der Waals surface area contributed by atoms with E-state index in [-0.39, 0.29) is 40.5 Å². The second-order valence-electron chi connectivity index (χ2n) is 15.1. The van der Waals surface area contributed by atoms with Gasteiger partial charge in [0.05, 0.1) is 12.2 Å². The molecule has 4 nitrogen and oxygen atoms in total. The van der Waals surface area contributed by atoms with Gasteiger partial charge in [-0.1, -0.05) is 41.2 Å². The predicted octanol–water partition coefficient (Wildman–Crippen LogP) is 5.46. The minimum absolute atomic E-state index is 0.00298. The van der Waals surface area contributed by atoms with Crippen LogP contribution in [0.2, 0.25) is 0 Å². The van der Waals surface area contributed by atoms with Crippen molar-refractivity contribution >= 4 is 0 Å². The van der Waals surface area contributed by atoms with Crippen LogP contribution in [0.4, 0.5) is 0 Å². The minimum atomic E-state index is -0.887. The topological polar surface area (TPSA) is 58.9 Å². The molecule has 7 fully saturated rings. The summed E-state index contributed by atoms with van der Waals surface area (Å²) in [5, 5.41) is 23.3. The first-order valence-corrected chi connectivity index (χ1v) is 14.2. The lowest BCUT2D eigenvalue weighted by Gasteiger charge is -2.63. The summed E-state index contributed by atoms with van der Waals surface area (Å²) in [5.74, 6) is 0.892. The zero-order valence-electron chi connectivity index (χ0n) is 22.2. The van der Waals surface area contributed by atoms with Gasteiger partial charge in [-0.3, -0.25) is 0 Å². The Hall–Kier alpha value is -0.420. The molecule has 3 spiro atoms. The van der Waals surface area contributed by atoms with Gasteiger partial charge in [-0.2, -0.15) is 0 Å². The lowest BCUT2D eigenvalue weighted by atomic mass is 9.41. The first-order valence-electron chi connectivity index (χ1n) is 14.2. The molecule has 7 aliphatic rings.